The fourth-order valence-electron chi connectivity index (χ4n) is 10.3. The molecule has 0 aromatic heterocycles. The van der Waals surface area contributed by atoms with Crippen molar-refractivity contribution in [3.05, 3.63) is 24.3 Å². The first kappa shape index (κ1) is 70.3. The topological polar surface area (TPSA) is 95.9 Å². The lowest BCUT2D eigenvalue weighted by molar-refractivity contribution is -0.143. The van der Waals surface area contributed by atoms with E-state index in [9.17, 15) is 19.8 Å². The molecule has 0 aliphatic rings. The Kier molecular flexibility index (Phi) is 60.5. The monoisotopic (exact) mass is 1010 g/mol. The molecule has 1 amide bonds. The van der Waals surface area contributed by atoms with Crippen molar-refractivity contribution in [3.63, 3.8) is 0 Å². The number of esters is 1. The van der Waals surface area contributed by atoms with Crippen LogP contribution in [0.25, 0.3) is 0 Å². The fraction of sp³-hybridized carbons (Fsp3) is 0.909. The molecule has 426 valence electrons. The number of allylic oxidation sites excluding steroid dienone is 4. The Morgan fingerprint density at radius 3 is 1.08 bits per heavy atom. The lowest BCUT2D eigenvalue weighted by atomic mass is 10.0. The molecule has 0 heterocycles. The molecule has 0 aromatic carbocycles. The Morgan fingerprint density at radius 2 is 0.694 bits per heavy atom. The van der Waals surface area contributed by atoms with Crippen LogP contribution < -0.4 is 5.32 Å². The molecule has 0 aromatic rings. The number of ether oxygens (including phenoxy) is 1. The van der Waals surface area contributed by atoms with Crippen LogP contribution in [-0.2, 0) is 14.3 Å². The van der Waals surface area contributed by atoms with Crippen LogP contribution >= 0.6 is 0 Å². The second kappa shape index (κ2) is 61.9. The minimum absolute atomic E-state index is 0.00495. The number of rotatable bonds is 61. The summed E-state index contributed by atoms with van der Waals surface area (Å²) < 4.78 is 5.49. The highest BCUT2D eigenvalue weighted by atomic mass is 16.5. The minimum atomic E-state index is -0.665. The summed E-state index contributed by atoms with van der Waals surface area (Å²) >= 11 is 0. The van der Waals surface area contributed by atoms with Crippen molar-refractivity contribution in [2.24, 2.45) is 0 Å². The van der Waals surface area contributed by atoms with Crippen LogP contribution in [0.3, 0.4) is 0 Å². The van der Waals surface area contributed by atoms with Gasteiger partial charge in [-0.15, -0.1) is 0 Å². The summed E-state index contributed by atoms with van der Waals surface area (Å²) in [6.07, 6.45) is 76.2. The van der Waals surface area contributed by atoms with Crippen LogP contribution in [0.1, 0.15) is 361 Å². The van der Waals surface area contributed by atoms with Gasteiger partial charge in [-0.3, -0.25) is 9.59 Å². The number of aliphatic hydroxyl groups excluding tert-OH is 2. The number of carbonyl (C=O) groups excluding carboxylic acids is 2. The van der Waals surface area contributed by atoms with Gasteiger partial charge in [0.15, 0.2) is 0 Å². The molecule has 3 N–H and O–H groups in total. The quantitative estimate of drug-likeness (QED) is 0.0320. The van der Waals surface area contributed by atoms with E-state index in [0.717, 1.165) is 51.4 Å². The molecule has 2 atom stereocenters. The number of nitrogens with one attached hydrogen (secondary N) is 1. The Morgan fingerprint density at radius 1 is 0.389 bits per heavy atom. The summed E-state index contributed by atoms with van der Waals surface area (Å²) in [5.74, 6) is -0.0282. The number of amides is 1. The molecule has 0 aliphatic heterocycles. The van der Waals surface area contributed by atoms with Gasteiger partial charge in [0.2, 0.25) is 5.91 Å². The summed E-state index contributed by atoms with van der Waals surface area (Å²) in [7, 11) is 0. The molecule has 0 fully saturated rings. The van der Waals surface area contributed by atoms with Crippen molar-refractivity contribution >= 4 is 11.9 Å². The van der Waals surface area contributed by atoms with Crippen LogP contribution in [0, 0.1) is 0 Å². The van der Waals surface area contributed by atoms with Crippen LogP contribution in [-0.4, -0.2) is 47.4 Å². The Bertz CT molecular complexity index is 1120. The Hall–Kier alpha value is -1.66. The molecule has 0 aliphatic carbocycles. The highest BCUT2D eigenvalue weighted by molar-refractivity contribution is 5.76. The van der Waals surface area contributed by atoms with Gasteiger partial charge in [0.1, 0.15) is 0 Å². The minimum Gasteiger partial charge on any atom is -0.466 e. The number of hydrogen-bond donors (Lipinski definition) is 3. The van der Waals surface area contributed by atoms with Gasteiger partial charge in [0, 0.05) is 12.8 Å². The Balaban J connectivity index is 3.38. The van der Waals surface area contributed by atoms with Gasteiger partial charge < -0.3 is 20.3 Å². The molecule has 0 rings (SSSR count). The van der Waals surface area contributed by atoms with E-state index in [1.165, 1.54) is 276 Å². The molecule has 0 spiro atoms. The smallest absolute Gasteiger partial charge is 0.305 e. The third-order valence-corrected chi connectivity index (χ3v) is 15.3. The summed E-state index contributed by atoms with van der Waals surface area (Å²) in [5.41, 5.74) is 0. The largest absolute Gasteiger partial charge is 0.466 e. The molecule has 0 saturated heterocycles. The number of unbranched alkanes of at least 4 members (excludes halogenated alkanes) is 46. The molecule has 0 saturated carbocycles. The van der Waals surface area contributed by atoms with Crippen molar-refractivity contribution in [2.45, 2.75) is 373 Å². The Labute approximate surface area is 450 Å². The molecular weight excluding hydrogens is 887 g/mol. The highest BCUT2D eigenvalue weighted by Gasteiger charge is 2.20. The van der Waals surface area contributed by atoms with Crippen molar-refractivity contribution in [1.82, 2.24) is 5.32 Å². The van der Waals surface area contributed by atoms with Gasteiger partial charge >= 0.3 is 5.97 Å². The first-order valence-corrected chi connectivity index (χ1v) is 32.6. The predicted molar refractivity (Wildman–Crippen MR) is 315 cm³/mol. The van der Waals surface area contributed by atoms with Gasteiger partial charge in [-0.1, -0.05) is 314 Å². The van der Waals surface area contributed by atoms with E-state index in [0.29, 0.717) is 25.9 Å². The van der Waals surface area contributed by atoms with E-state index in [-0.39, 0.29) is 18.5 Å². The van der Waals surface area contributed by atoms with Crippen LogP contribution in [0.4, 0.5) is 0 Å². The van der Waals surface area contributed by atoms with Crippen molar-refractivity contribution in [1.29, 1.82) is 0 Å². The molecular formula is C66H127NO5. The number of hydrogen-bond acceptors (Lipinski definition) is 5. The maximum absolute atomic E-state index is 12.5. The van der Waals surface area contributed by atoms with Crippen LogP contribution in [0.5, 0.6) is 0 Å². The summed E-state index contributed by atoms with van der Waals surface area (Å²) in [6, 6.07) is -0.542. The first-order chi connectivity index (χ1) is 35.5. The van der Waals surface area contributed by atoms with E-state index < -0.39 is 12.1 Å². The average molecular weight is 1010 g/mol. The van der Waals surface area contributed by atoms with E-state index in [1.54, 1.807) is 0 Å². The van der Waals surface area contributed by atoms with E-state index >= 15 is 0 Å². The van der Waals surface area contributed by atoms with E-state index in [4.69, 9.17) is 4.74 Å². The molecule has 2 unspecified atom stereocenters. The van der Waals surface area contributed by atoms with Crippen molar-refractivity contribution < 1.29 is 24.5 Å². The lowest BCUT2D eigenvalue weighted by Crippen LogP contribution is -2.45. The number of aliphatic hydroxyl groups is 2. The fourth-order valence-corrected chi connectivity index (χ4v) is 10.3. The second-order valence-electron chi connectivity index (χ2n) is 22.5. The van der Waals surface area contributed by atoms with Crippen molar-refractivity contribution in [3.8, 4) is 0 Å². The zero-order valence-corrected chi connectivity index (χ0v) is 48.7. The second-order valence-corrected chi connectivity index (χ2v) is 22.5. The highest BCUT2D eigenvalue weighted by Crippen LogP contribution is 2.18. The third kappa shape index (κ3) is 57.6. The molecule has 0 bridgehead atoms. The summed E-state index contributed by atoms with van der Waals surface area (Å²) in [5, 5.41) is 23.3. The normalized spacial score (nSPS) is 12.7. The number of carbonyl (C=O) groups is 2. The maximum Gasteiger partial charge on any atom is 0.305 e. The SMILES string of the molecule is CCCCC/C=C\C/C=C\CCCCCCCCCC(=O)OCCCCCCCCCCCCCCCCCCCCCCCC(=O)NC(CO)C(O)CCCCCCCCCCCCCCCCCCC. The molecule has 0 radical (unpaired) electrons. The molecule has 6 nitrogen and oxygen atoms in total. The van der Waals surface area contributed by atoms with Gasteiger partial charge in [-0.05, 0) is 57.8 Å². The van der Waals surface area contributed by atoms with Crippen molar-refractivity contribution in [2.75, 3.05) is 13.2 Å². The van der Waals surface area contributed by atoms with Gasteiger partial charge in [-0.25, -0.2) is 0 Å². The van der Waals surface area contributed by atoms with Crippen LogP contribution in [0.2, 0.25) is 0 Å². The van der Waals surface area contributed by atoms with E-state index in [2.05, 4.69) is 43.5 Å². The first-order valence-electron chi connectivity index (χ1n) is 32.6. The molecule has 72 heavy (non-hydrogen) atoms. The lowest BCUT2D eigenvalue weighted by Gasteiger charge is -2.22. The van der Waals surface area contributed by atoms with Gasteiger partial charge in [-0.2, -0.15) is 0 Å². The zero-order chi connectivity index (χ0) is 52.2. The van der Waals surface area contributed by atoms with E-state index in [1.807, 2.05) is 0 Å². The average Bonchev–Trinajstić information content (AvgIpc) is 3.38. The van der Waals surface area contributed by atoms with Crippen LogP contribution in [0.15, 0.2) is 24.3 Å². The van der Waals surface area contributed by atoms with Gasteiger partial charge in [0.05, 0.1) is 25.4 Å². The third-order valence-electron chi connectivity index (χ3n) is 15.3. The zero-order valence-electron chi connectivity index (χ0n) is 48.7. The standard InChI is InChI=1S/C66H127NO5/c1-3-5-7-9-11-13-15-17-19-26-30-34-38-42-46-50-54-58-64(69)63(62-68)67-65(70)59-55-51-47-43-39-35-31-28-24-22-21-23-25-29-33-37-41-45-49-53-57-61-72-66(71)60-56-52-48-44-40-36-32-27-20-18-16-14-12-10-8-6-4-2/h12,14,18,20,63-64,68-69H,3-11,13,15-17,19,21-62H2,1-2H3,(H,67,70)/b14-12-,20-18-. The predicted octanol–water partition coefficient (Wildman–Crippen LogP) is 20.6. The summed E-state index contributed by atoms with van der Waals surface area (Å²) in [4.78, 5) is 24.6. The maximum atomic E-state index is 12.5. The molecule has 6 heteroatoms. The van der Waals surface area contributed by atoms with Gasteiger partial charge in [0.25, 0.3) is 0 Å². The summed E-state index contributed by atoms with van der Waals surface area (Å²) in [6.45, 7) is 4.95.